The molecule has 0 heterocycles. The van der Waals surface area contributed by atoms with E-state index in [1.807, 2.05) is 37.3 Å². The number of nitro benzene ring substituents is 1. The number of carboxylic acids is 1. The summed E-state index contributed by atoms with van der Waals surface area (Å²) in [5, 5.41) is 23.2. The third kappa shape index (κ3) is 4.54. The van der Waals surface area contributed by atoms with Gasteiger partial charge in [0.25, 0.3) is 5.69 Å². The van der Waals surface area contributed by atoms with Crippen LogP contribution >= 0.6 is 0 Å². The van der Waals surface area contributed by atoms with Gasteiger partial charge in [-0.05, 0) is 37.5 Å². The molecule has 0 aliphatic rings. The van der Waals surface area contributed by atoms with Crippen LogP contribution in [0.5, 0.6) is 0 Å². The summed E-state index contributed by atoms with van der Waals surface area (Å²) >= 11 is 0. The van der Waals surface area contributed by atoms with Crippen molar-refractivity contribution in [2.75, 3.05) is 5.32 Å². The summed E-state index contributed by atoms with van der Waals surface area (Å²) in [6.45, 7) is 1.94. The SMILES string of the molecule is C[C@@H](CCc1ccccc1)Nc1ccc(C(=O)O)cc1[N+](=O)[O-]. The van der Waals surface area contributed by atoms with Crippen LogP contribution < -0.4 is 5.32 Å². The molecule has 0 unspecified atom stereocenters. The maximum Gasteiger partial charge on any atom is 0.335 e. The largest absolute Gasteiger partial charge is 0.478 e. The summed E-state index contributed by atoms with van der Waals surface area (Å²) in [5.74, 6) is -1.18. The van der Waals surface area contributed by atoms with Crippen LogP contribution in [0, 0.1) is 10.1 Å². The highest BCUT2D eigenvalue weighted by Crippen LogP contribution is 2.26. The lowest BCUT2D eigenvalue weighted by atomic mass is 10.1. The van der Waals surface area contributed by atoms with Crippen molar-refractivity contribution in [3.05, 3.63) is 69.8 Å². The third-order valence-electron chi connectivity index (χ3n) is 3.55. The van der Waals surface area contributed by atoms with E-state index in [2.05, 4.69) is 5.32 Å². The van der Waals surface area contributed by atoms with Crippen LogP contribution in [0.15, 0.2) is 48.5 Å². The lowest BCUT2D eigenvalue weighted by molar-refractivity contribution is -0.384. The molecule has 120 valence electrons. The van der Waals surface area contributed by atoms with Crippen LogP contribution in [0.25, 0.3) is 0 Å². The summed E-state index contributed by atoms with van der Waals surface area (Å²) in [4.78, 5) is 21.5. The number of nitrogens with one attached hydrogen (secondary N) is 1. The number of rotatable bonds is 7. The van der Waals surface area contributed by atoms with Crippen molar-refractivity contribution < 1.29 is 14.8 Å². The molecule has 0 spiro atoms. The van der Waals surface area contributed by atoms with Gasteiger partial charge in [-0.3, -0.25) is 10.1 Å². The highest BCUT2D eigenvalue weighted by atomic mass is 16.6. The smallest absolute Gasteiger partial charge is 0.335 e. The fraction of sp³-hybridized carbons (Fsp3) is 0.235. The Hall–Kier alpha value is -2.89. The van der Waals surface area contributed by atoms with Crippen molar-refractivity contribution in [3.63, 3.8) is 0 Å². The maximum absolute atomic E-state index is 11.1. The van der Waals surface area contributed by atoms with Gasteiger partial charge in [-0.2, -0.15) is 0 Å². The Bertz CT molecular complexity index is 701. The first-order valence-electron chi connectivity index (χ1n) is 7.29. The monoisotopic (exact) mass is 314 g/mol. The molecule has 0 aliphatic heterocycles. The number of nitrogens with zero attached hydrogens (tertiary/aromatic N) is 1. The molecular formula is C17H18N2O4. The summed E-state index contributed by atoms with van der Waals surface area (Å²) in [6, 6.07) is 13.9. The van der Waals surface area contributed by atoms with Crippen molar-refractivity contribution in [2.24, 2.45) is 0 Å². The second-order valence-electron chi connectivity index (χ2n) is 5.36. The van der Waals surface area contributed by atoms with Crippen molar-refractivity contribution >= 4 is 17.3 Å². The second kappa shape index (κ2) is 7.40. The molecule has 6 heteroatoms. The van der Waals surface area contributed by atoms with E-state index in [1.165, 1.54) is 17.7 Å². The first kappa shape index (κ1) is 16.5. The van der Waals surface area contributed by atoms with Crippen LogP contribution in [0.3, 0.4) is 0 Å². The van der Waals surface area contributed by atoms with Gasteiger partial charge in [-0.25, -0.2) is 4.79 Å². The Morgan fingerprint density at radius 3 is 2.57 bits per heavy atom. The standard InChI is InChI=1S/C17H18N2O4/c1-12(7-8-13-5-3-2-4-6-13)18-15-10-9-14(17(20)21)11-16(15)19(22)23/h2-6,9-12,18H,7-8H2,1H3,(H,20,21)/t12-/m0/s1. The lowest BCUT2D eigenvalue weighted by Crippen LogP contribution is -2.17. The van der Waals surface area contributed by atoms with Crippen LogP contribution in [-0.2, 0) is 6.42 Å². The van der Waals surface area contributed by atoms with Gasteiger partial charge in [0.1, 0.15) is 5.69 Å². The van der Waals surface area contributed by atoms with E-state index in [9.17, 15) is 14.9 Å². The summed E-state index contributed by atoms with van der Waals surface area (Å²) in [5.41, 5.74) is 1.22. The third-order valence-corrected chi connectivity index (χ3v) is 3.55. The molecule has 23 heavy (non-hydrogen) atoms. The average molecular weight is 314 g/mol. The van der Waals surface area contributed by atoms with E-state index < -0.39 is 10.9 Å². The minimum Gasteiger partial charge on any atom is -0.478 e. The molecule has 0 saturated heterocycles. The molecule has 2 rings (SSSR count). The van der Waals surface area contributed by atoms with Crippen molar-refractivity contribution in [3.8, 4) is 0 Å². The van der Waals surface area contributed by atoms with E-state index in [0.717, 1.165) is 18.9 Å². The Balaban J connectivity index is 2.06. The van der Waals surface area contributed by atoms with Gasteiger partial charge in [0, 0.05) is 12.1 Å². The predicted molar refractivity (Wildman–Crippen MR) is 87.9 cm³/mol. The predicted octanol–water partition coefficient (Wildman–Crippen LogP) is 3.73. The van der Waals surface area contributed by atoms with E-state index >= 15 is 0 Å². The van der Waals surface area contributed by atoms with E-state index in [4.69, 9.17) is 5.11 Å². The first-order chi connectivity index (χ1) is 11.0. The quantitative estimate of drug-likeness (QED) is 0.600. The molecule has 0 aliphatic carbocycles. The van der Waals surface area contributed by atoms with Gasteiger partial charge in [-0.15, -0.1) is 0 Å². The Morgan fingerprint density at radius 1 is 1.26 bits per heavy atom. The zero-order valence-corrected chi connectivity index (χ0v) is 12.7. The maximum atomic E-state index is 11.1. The van der Waals surface area contributed by atoms with Crippen LogP contribution in [0.2, 0.25) is 0 Å². The lowest BCUT2D eigenvalue weighted by Gasteiger charge is -2.15. The van der Waals surface area contributed by atoms with Gasteiger partial charge < -0.3 is 10.4 Å². The second-order valence-corrected chi connectivity index (χ2v) is 5.36. The highest BCUT2D eigenvalue weighted by Gasteiger charge is 2.18. The number of nitro groups is 1. The van der Waals surface area contributed by atoms with Crippen molar-refractivity contribution in [2.45, 2.75) is 25.8 Å². The van der Waals surface area contributed by atoms with E-state index in [0.29, 0.717) is 5.69 Å². The molecule has 0 aromatic heterocycles. The Morgan fingerprint density at radius 2 is 1.96 bits per heavy atom. The number of hydrogen-bond donors (Lipinski definition) is 2. The fourth-order valence-electron chi connectivity index (χ4n) is 2.30. The highest BCUT2D eigenvalue weighted by molar-refractivity contribution is 5.89. The number of anilines is 1. The van der Waals surface area contributed by atoms with Gasteiger partial charge in [0.05, 0.1) is 10.5 Å². The van der Waals surface area contributed by atoms with Crippen LogP contribution in [-0.4, -0.2) is 22.0 Å². The van der Waals surface area contributed by atoms with Crippen molar-refractivity contribution in [1.29, 1.82) is 0 Å². The topological polar surface area (TPSA) is 92.5 Å². The molecule has 0 bridgehead atoms. The molecule has 2 aromatic carbocycles. The minimum absolute atomic E-state index is 0.0181. The molecule has 0 fully saturated rings. The fourth-order valence-corrected chi connectivity index (χ4v) is 2.30. The number of hydrogen-bond acceptors (Lipinski definition) is 4. The zero-order chi connectivity index (χ0) is 16.8. The molecule has 2 N–H and O–H groups in total. The number of aryl methyl sites for hydroxylation is 1. The summed E-state index contributed by atoms with van der Waals surface area (Å²) in [6.07, 6.45) is 1.66. The summed E-state index contributed by atoms with van der Waals surface area (Å²) in [7, 11) is 0. The molecule has 0 radical (unpaired) electrons. The van der Waals surface area contributed by atoms with Crippen molar-refractivity contribution in [1.82, 2.24) is 0 Å². The van der Waals surface area contributed by atoms with Crippen LogP contribution in [0.1, 0.15) is 29.3 Å². The first-order valence-corrected chi connectivity index (χ1v) is 7.29. The number of benzene rings is 2. The van der Waals surface area contributed by atoms with Gasteiger partial charge in [0.15, 0.2) is 0 Å². The molecule has 2 aromatic rings. The average Bonchev–Trinajstić information content (AvgIpc) is 2.54. The molecule has 6 nitrogen and oxygen atoms in total. The Labute approximate surface area is 133 Å². The Kier molecular flexibility index (Phi) is 5.30. The normalized spacial score (nSPS) is 11.7. The van der Waals surface area contributed by atoms with Gasteiger partial charge >= 0.3 is 5.97 Å². The minimum atomic E-state index is -1.18. The number of carboxylic acid groups (broad SMARTS) is 1. The van der Waals surface area contributed by atoms with Gasteiger partial charge in [0.2, 0.25) is 0 Å². The number of carbonyl (C=O) groups is 1. The molecular weight excluding hydrogens is 296 g/mol. The van der Waals surface area contributed by atoms with E-state index in [-0.39, 0.29) is 17.3 Å². The summed E-state index contributed by atoms with van der Waals surface area (Å²) < 4.78 is 0. The number of aromatic carboxylic acids is 1. The van der Waals surface area contributed by atoms with Gasteiger partial charge in [-0.1, -0.05) is 30.3 Å². The van der Waals surface area contributed by atoms with Crippen LogP contribution in [0.4, 0.5) is 11.4 Å². The van der Waals surface area contributed by atoms with E-state index in [1.54, 1.807) is 0 Å². The molecule has 0 amide bonds. The zero-order valence-electron chi connectivity index (χ0n) is 12.7. The molecule has 1 atom stereocenters. The molecule has 0 saturated carbocycles.